The van der Waals surface area contributed by atoms with Crippen molar-refractivity contribution >= 4 is 0 Å². The van der Waals surface area contributed by atoms with Crippen molar-refractivity contribution in [3.05, 3.63) is 48.0 Å². The standard InChI is InChI=1S/C12H16N4/c1-10(11-4-3-6-13-8-11)14-9-12-5-7-16(2)15-12/h3-8,10,14H,9H2,1-2H3/t10-/m1/s1. The first-order chi connectivity index (χ1) is 7.75. The van der Waals surface area contributed by atoms with Crippen LogP contribution in [0.2, 0.25) is 0 Å². The summed E-state index contributed by atoms with van der Waals surface area (Å²) in [5.41, 5.74) is 2.25. The van der Waals surface area contributed by atoms with Gasteiger partial charge in [-0.2, -0.15) is 5.10 Å². The lowest BCUT2D eigenvalue weighted by atomic mass is 10.1. The molecule has 2 heterocycles. The van der Waals surface area contributed by atoms with E-state index in [1.165, 1.54) is 5.56 Å². The molecule has 4 heteroatoms. The van der Waals surface area contributed by atoms with Crippen LogP contribution >= 0.6 is 0 Å². The van der Waals surface area contributed by atoms with Gasteiger partial charge in [0.1, 0.15) is 0 Å². The predicted octanol–water partition coefficient (Wildman–Crippen LogP) is 1.67. The van der Waals surface area contributed by atoms with E-state index < -0.39 is 0 Å². The molecule has 16 heavy (non-hydrogen) atoms. The number of hydrogen-bond donors (Lipinski definition) is 1. The van der Waals surface area contributed by atoms with Gasteiger partial charge in [0, 0.05) is 38.2 Å². The zero-order valence-electron chi connectivity index (χ0n) is 9.59. The lowest BCUT2D eigenvalue weighted by Crippen LogP contribution is -2.18. The molecule has 4 nitrogen and oxygen atoms in total. The quantitative estimate of drug-likeness (QED) is 0.845. The first-order valence-electron chi connectivity index (χ1n) is 5.37. The molecule has 0 aliphatic heterocycles. The summed E-state index contributed by atoms with van der Waals surface area (Å²) in [4.78, 5) is 4.11. The summed E-state index contributed by atoms with van der Waals surface area (Å²) in [6.45, 7) is 2.90. The van der Waals surface area contributed by atoms with Crippen LogP contribution in [0.1, 0.15) is 24.2 Å². The molecule has 0 unspecified atom stereocenters. The Bertz CT molecular complexity index is 435. The van der Waals surface area contributed by atoms with Crippen LogP contribution < -0.4 is 5.32 Å². The molecule has 0 bridgehead atoms. The molecule has 2 rings (SSSR count). The molecule has 0 amide bonds. The molecule has 0 aromatic carbocycles. The van der Waals surface area contributed by atoms with Crippen molar-refractivity contribution in [2.45, 2.75) is 19.5 Å². The molecule has 1 N–H and O–H groups in total. The van der Waals surface area contributed by atoms with E-state index in [4.69, 9.17) is 0 Å². The van der Waals surface area contributed by atoms with Crippen LogP contribution in [-0.4, -0.2) is 14.8 Å². The van der Waals surface area contributed by atoms with Crippen molar-refractivity contribution in [1.82, 2.24) is 20.1 Å². The third-order valence-corrected chi connectivity index (χ3v) is 2.54. The second-order valence-electron chi connectivity index (χ2n) is 3.87. The summed E-state index contributed by atoms with van der Waals surface area (Å²) < 4.78 is 1.81. The van der Waals surface area contributed by atoms with E-state index in [1.807, 2.05) is 36.3 Å². The van der Waals surface area contributed by atoms with Crippen LogP contribution in [0, 0.1) is 0 Å². The molecule has 0 saturated heterocycles. The summed E-state index contributed by atoms with van der Waals surface area (Å²) in [5.74, 6) is 0. The van der Waals surface area contributed by atoms with Gasteiger partial charge in [-0.15, -0.1) is 0 Å². The van der Waals surface area contributed by atoms with E-state index in [0.717, 1.165) is 12.2 Å². The Morgan fingerprint density at radius 1 is 1.44 bits per heavy atom. The Hall–Kier alpha value is -1.68. The normalized spacial score (nSPS) is 12.6. The second kappa shape index (κ2) is 4.90. The first-order valence-corrected chi connectivity index (χ1v) is 5.37. The average Bonchev–Trinajstić information content (AvgIpc) is 2.73. The lowest BCUT2D eigenvalue weighted by Gasteiger charge is -2.12. The molecule has 1 atom stereocenters. The van der Waals surface area contributed by atoms with Gasteiger partial charge < -0.3 is 5.32 Å². The van der Waals surface area contributed by atoms with Gasteiger partial charge in [0.05, 0.1) is 5.69 Å². The number of hydrogen-bond acceptors (Lipinski definition) is 3. The monoisotopic (exact) mass is 216 g/mol. The van der Waals surface area contributed by atoms with Crippen molar-refractivity contribution in [3.8, 4) is 0 Å². The number of aromatic nitrogens is 3. The van der Waals surface area contributed by atoms with Gasteiger partial charge in [-0.1, -0.05) is 6.07 Å². The zero-order valence-corrected chi connectivity index (χ0v) is 9.59. The molecule has 0 spiro atoms. The fourth-order valence-corrected chi connectivity index (χ4v) is 1.57. The van der Waals surface area contributed by atoms with Gasteiger partial charge in [-0.25, -0.2) is 0 Å². The maximum absolute atomic E-state index is 4.31. The lowest BCUT2D eigenvalue weighted by molar-refractivity contribution is 0.560. The van der Waals surface area contributed by atoms with Crippen LogP contribution in [0.4, 0.5) is 0 Å². The van der Waals surface area contributed by atoms with Crippen molar-refractivity contribution in [3.63, 3.8) is 0 Å². The van der Waals surface area contributed by atoms with E-state index >= 15 is 0 Å². The Morgan fingerprint density at radius 2 is 2.31 bits per heavy atom. The molecular weight excluding hydrogens is 200 g/mol. The predicted molar refractivity (Wildman–Crippen MR) is 62.7 cm³/mol. The number of nitrogens with zero attached hydrogens (tertiary/aromatic N) is 3. The third kappa shape index (κ3) is 2.67. The molecule has 0 aliphatic carbocycles. The van der Waals surface area contributed by atoms with Crippen LogP contribution in [-0.2, 0) is 13.6 Å². The largest absolute Gasteiger partial charge is 0.304 e. The summed E-state index contributed by atoms with van der Waals surface area (Å²) in [6, 6.07) is 6.33. The van der Waals surface area contributed by atoms with E-state index in [-0.39, 0.29) is 6.04 Å². The molecule has 84 valence electrons. The molecule has 0 saturated carbocycles. The van der Waals surface area contributed by atoms with E-state index in [1.54, 1.807) is 6.20 Å². The maximum Gasteiger partial charge on any atom is 0.0762 e. The number of rotatable bonds is 4. The second-order valence-corrected chi connectivity index (χ2v) is 3.87. The van der Waals surface area contributed by atoms with Gasteiger partial charge in [0.15, 0.2) is 0 Å². The highest BCUT2D eigenvalue weighted by Crippen LogP contribution is 2.10. The Kier molecular flexibility index (Phi) is 3.31. The maximum atomic E-state index is 4.31. The SMILES string of the molecule is C[C@@H](NCc1ccn(C)n1)c1cccnc1. The third-order valence-electron chi connectivity index (χ3n) is 2.54. The van der Waals surface area contributed by atoms with Crippen molar-refractivity contribution < 1.29 is 0 Å². The van der Waals surface area contributed by atoms with E-state index in [0.29, 0.717) is 0 Å². The average molecular weight is 216 g/mol. The highest BCUT2D eigenvalue weighted by Gasteiger charge is 2.05. The summed E-state index contributed by atoms with van der Waals surface area (Å²) in [7, 11) is 1.92. The fourth-order valence-electron chi connectivity index (χ4n) is 1.57. The van der Waals surface area contributed by atoms with Crippen LogP contribution in [0.15, 0.2) is 36.8 Å². The van der Waals surface area contributed by atoms with Crippen molar-refractivity contribution in [2.75, 3.05) is 0 Å². The van der Waals surface area contributed by atoms with Gasteiger partial charge in [0.2, 0.25) is 0 Å². The van der Waals surface area contributed by atoms with E-state index in [9.17, 15) is 0 Å². The van der Waals surface area contributed by atoms with Crippen LogP contribution in [0.3, 0.4) is 0 Å². The molecule has 0 radical (unpaired) electrons. The van der Waals surface area contributed by atoms with Crippen LogP contribution in [0.5, 0.6) is 0 Å². The summed E-state index contributed by atoms with van der Waals surface area (Å²) >= 11 is 0. The zero-order chi connectivity index (χ0) is 11.4. The topological polar surface area (TPSA) is 42.7 Å². The number of pyridine rings is 1. The molecular formula is C12H16N4. The Labute approximate surface area is 95.3 Å². The molecule has 0 aliphatic rings. The van der Waals surface area contributed by atoms with Gasteiger partial charge >= 0.3 is 0 Å². The first kappa shape index (κ1) is 10.8. The van der Waals surface area contributed by atoms with E-state index in [2.05, 4.69) is 28.4 Å². The minimum Gasteiger partial charge on any atom is -0.304 e. The Balaban J connectivity index is 1.91. The fraction of sp³-hybridized carbons (Fsp3) is 0.333. The minimum absolute atomic E-state index is 0.288. The number of aryl methyl sites for hydroxylation is 1. The summed E-state index contributed by atoms with van der Waals surface area (Å²) in [6.07, 6.45) is 5.62. The van der Waals surface area contributed by atoms with Gasteiger partial charge in [-0.05, 0) is 24.6 Å². The van der Waals surface area contributed by atoms with Crippen LogP contribution in [0.25, 0.3) is 0 Å². The molecule has 2 aromatic rings. The summed E-state index contributed by atoms with van der Waals surface area (Å²) in [5, 5.41) is 7.73. The highest BCUT2D eigenvalue weighted by atomic mass is 15.3. The minimum atomic E-state index is 0.288. The smallest absolute Gasteiger partial charge is 0.0762 e. The van der Waals surface area contributed by atoms with Crippen molar-refractivity contribution in [1.29, 1.82) is 0 Å². The highest BCUT2D eigenvalue weighted by molar-refractivity contribution is 5.13. The molecule has 2 aromatic heterocycles. The van der Waals surface area contributed by atoms with Crippen molar-refractivity contribution in [2.24, 2.45) is 7.05 Å². The molecule has 0 fully saturated rings. The number of nitrogens with one attached hydrogen (secondary N) is 1. The van der Waals surface area contributed by atoms with Gasteiger partial charge in [-0.3, -0.25) is 9.67 Å². The van der Waals surface area contributed by atoms with Gasteiger partial charge in [0.25, 0.3) is 0 Å². The Morgan fingerprint density at radius 3 is 2.94 bits per heavy atom.